The lowest BCUT2D eigenvalue weighted by Crippen LogP contribution is -2.53. The van der Waals surface area contributed by atoms with E-state index in [9.17, 15) is 9.59 Å². The Morgan fingerprint density at radius 3 is 2.88 bits per heavy atom. The summed E-state index contributed by atoms with van der Waals surface area (Å²) in [4.78, 5) is 25.5. The van der Waals surface area contributed by atoms with Crippen LogP contribution in [0.5, 0.6) is 0 Å². The molecule has 1 saturated carbocycles. The normalized spacial score (nSPS) is 28.8. The van der Waals surface area contributed by atoms with Crippen LogP contribution < -0.4 is 0 Å². The zero-order valence-corrected chi connectivity index (χ0v) is 14.7. The molecule has 0 bridgehead atoms. The first kappa shape index (κ1) is 17.9. The molecule has 0 radical (unpaired) electrons. The number of hydrogen-bond donors (Lipinski definition) is 1. The molecule has 1 aromatic rings. The van der Waals surface area contributed by atoms with Gasteiger partial charge in [-0.1, -0.05) is 0 Å². The molecule has 2 aliphatic rings. The second kappa shape index (κ2) is 7.13. The molecule has 1 aromatic heterocycles. The lowest BCUT2D eigenvalue weighted by molar-refractivity contribution is -0.148. The Morgan fingerprint density at radius 1 is 1.44 bits per heavy atom. The van der Waals surface area contributed by atoms with Gasteiger partial charge in [0.15, 0.2) is 0 Å². The summed E-state index contributed by atoms with van der Waals surface area (Å²) in [6.07, 6.45) is 6.07. The monoisotopic (exact) mass is 351 g/mol. The number of carboxylic acid groups (broad SMARTS) is 1. The van der Waals surface area contributed by atoms with Gasteiger partial charge in [0.1, 0.15) is 6.61 Å². The molecule has 0 unspecified atom stereocenters. The Morgan fingerprint density at radius 2 is 2.24 bits per heavy atom. The van der Waals surface area contributed by atoms with Crippen molar-refractivity contribution in [2.24, 2.45) is 0 Å². The van der Waals surface area contributed by atoms with Crippen molar-refractivity contribution in [2.45, 2.75) is 56.9 Å². The summed E-state index contributed by atoms with van der Waals surface area (Å²) in [6, 6.07) is -0.109. The number of fused-ring (bicyclic) bond motifs is 1. The minimum atomic E-state index is -0.977. The molecule has 3 atom stereocenters. The van der Waals surface area contributed by atoms with Crippen molar-refractivity contribution >= 4 is 11.9 Å². The van der Waals surface area contributed by atoms with Gasteiger partial charge in [0, 0.05) is 26.4 Å². The van der Waals surface area contributed by atoms with E-state index in [2.05, 4.69) is 5.10 Å². The van der Waals surface area contributed by atoms with Crippen molar-refractivity contribution in [3.05, 3.63) is 18.0 Å². The van der Waals surface area contributed by atoms with Crippen LogP contribution in [0.3, 0.4) is 0 Å². The highest BCUT2D eigenvalue weighted by Crippen LogP contribution is 2.43. The number of aliphatic carboxylic acids is 1. The van der Waals surface area contributed by atoms with E-state index in [1.165, 1.54) is 0 Å². The molecule has 0 spiro atoms. The molecular formula is C17H25N3O5. The fourth-order valence-electron chi connectivity index (χ4n) is 4.06. The van der Waals surface area contributed by atoms with Gasteiger partial charge in [-0.25, -0.2) is 4.79 Å². The first-order chi connectivity index (χ1) is 12.0. The third-order valence-corrected chi connectivity index (χ3v) is 5.45. The largest absolute Gasteiger partial charge is 0.480 e. The van der Waals surface area contributed by atoms with Gasteiger partial charge in [0.05, 0.1) is 29.5 Å². The molecule has 8 nitrogen and oxygen atoms in total. The van der Waals surface area contributed by atoms with Crippen LogP contribution in [0.25, 0.3) is 0 Å². The third kappa shape index (κ3) is 3.41. The fourth-order valence-corrected chi connectivity index (χ4v) is 4.06. The molecule has 8 heteroatoms. The molecule has 1 aliphatic carbocycles. The number of amides is 1. The standard InChI is InChI=1S/C17H25N3O5/c1-3-19-10-12(9-18-19)16(23)20-7-6-17(24-2)5-4-13(8-14(17)20)25-11-15(21)22/h9-10,13-14H,3-8,11H2,1-2H3,(H,21,22)/t13-,14-,17+/m0/s1. The van der Waals surface area contributed by atoms with Crippen molar-refractivity contribution < 1.29 is 24.2 Å². The lowest BCUT2D eigenvalue weighted by atomic mass is 9.79. The van der Waals surface area contributed by atoms with Crippen LogP contribution in [0.15, 0.2) is 12.4 Å². The van der Waals surface area contributed by atoms with E-state index in [4.69, 9.17) is 14.6 Å². The maximum absolute atomic E-state index is 12.9. The summed E-state index contributed by atoms with van der Waals surface area (Å²) in [5.74, 6) is -1.03. The molecule has 2 heterocycles. The first-order valence-corrected chi connectivity index (χ1v) is 8.71. The Kier molecular flexibility index (Phi) is 5.10. The second-order valence-corrected chi connectivity index (χ2v) is 6.72. The van der Waals surface area contributed by atoms with Gasteiger partial charge in [-0.3, -0.25) is 9.48 Å². The van der Waals surface area contributed by atoms with Gasteiger partial charge in [0.25, 0.3) is 5.91 Å². The molecule has 1 saturated heterocycles. The molecular weight excluding hydrogens is 326 g/mol. The number of ether oxygens (including phenoxy) is 2. The van der Waals surface area contributed by atoms with Crippen molar-refractivity contribution in [3.63, 3.8) is 0 Å². The Bertz CT molecular complexity index is 646. The maximum Gasteiger partial charge on any atom is 0.329 e. The number of aromatic nitrogens is 2. The quantitative estimate of drug-likeness (QED) is 0.826. The predicted octanol–water partition coefficient (Wildman–Crippen LogP) is 1.16. The van der Waals surface area contributed by atoms with E-state index in [0.29, 0.717) is 25.1 Å². The zero-order chi connectivity index (χ0) is 18.0. The predicted molar refractivity (Wildman–Crippen MR) is 88.3 cm³/mol. The summed E-state index contributed by atoms with van der Waals surface area (Å²) in [6.45, 7) is 3.00. The van der Waals surface area contributed by atoms with Crippen LogP contribution in [-0.2, 0) is 20.8 Å². The van der Waals surface area contributed by atoms with E-state index >= 15 is 0 Å². The number of carboxylic acids is 1. The van der Waals surface area contributed by atoms with E-state index < -0.39 is 5.97 Å². The molecule has 1 aliphatic heterocycles. The molecule has 138 valence electrons. The fraction of sp³-hybridized carbons (Fsp3) is 0.706. The summed E-state index contributed by atoms with van der Waals surface area (Å²) in [7, 11) is 1.69. The first-order valence-electron chi connectivity index (χ1n) is 8.71. The number of carbonyl (C=O) groups is 2. The number of aryl methyl sites for hydroxylation is 1. The molecule has 0 aromatic carbocycles. The van der Waals surface area contributed by atoms with Crippen LogP contribution in [0.2, 0.25) is 0 Å². The molecule has 1 N–H and O–H groups in total. The van der Waals surface area contributed by atoms with Crippen LogP contribution in [0, 0.1) is 0 Å². The van der Waals surface area contributed by atoms with Gasteiger partial charge in [-0.15, -0.1) is 0 Å². The minimum Gasteiger partial charge on any atom is -0.480 e. The van der Waals surface area contributed by atoms with Crippen molar-refractivity contribution in [2.75, 3.05) is 20.3 Å². The summed E-state index contributed by atoms with van der Waals surface area (Å²) < 4.78 is 13.0. The Hall–Kier alpha value is -1.93. The van der Waals surface area contributed by atoms with Crippen LogP contribution >= 0.6 is 0 Å². The van der Waals surface area contributed by atoms with Crippen molar-refractivity contribution in [3.8, 4) is 0 Å². The summed E-state index contributed by atoms with van der Waals surface area (Å²) in [5.41, 5.74) is 0.210. The molecule has 2 fully saturated rings. The zero-order valence-electron chi connectivity index (χ0n) is 14.7. The smallest absolute Gasteiger partial charge is 0.329 e. The van der Waals surface area contributed by atoms with E-state index in [1.807, 2.05) is 11.8 Å². The summed E-state index contributed by atoms with van der Waals surface area (Å²) >= 11 is 0. The van der Waals surface area contributed by atoms with Gasteiger partial charge in [-0.05, 0) is 32.6 Å². The van der Waals surface area contributed by atoms with Crippen LogP contribution in [0.1, 0.15) is 43.0 Å². The number of rotatable bonds is 6. The Balaban J connectivity index is 1.76. The average Bonchev–Trinajstić information content (AvgIpc) is 3.24. The van der Waals surface area contributed by atoms with E-state index in [-0.39, 0.29) is 30.3 Å². The number of likely N-dealkylation sites (tertiary alicyclic amines) is 1. The molecule has 25 heavy (non-hydrogen) atoms. The molecule has 1 amide bonds. The number of methoxy groups -OCH3 is 1. The van der Waals surface area contributed by atoms with Crippen molar-refractivity contribution in [1.29, 1.82) is 0 Å². The SMILES string of the molecule is CCn1cc(C(=O)N2CC[C@]3(OC)CC[C@H](OCC(=O)O)C[C@H]23)cn1. The van der Waals surface area contributed by atoms with Gasteiger partial charge in [0.2, 0.25) is 0 Å². The lowest BCUT2D eigenvalue weighted by Gasteiger charge is -2.43. The van der Waals surface area contributed by atoms with Crippen LogP contribution in [0.4, 0.5) is 0 Å². The number of hydrogen-bond acceptors (Lipinski definition) is 5. The Labute approximate surface area is 146 Å². The second-order valence-electron chi connectivity index (χ2n) is 6.72. The maximum atomic E-state index is 12.9. The highest BCUT2D eigenvalue weighted by Gasteiger charge is 2.53. The van der Waals surface area contributed by atoms with Gasteiger partial charge in [-0.2, -0.15) is 5.10 Å². The summed E-state index contributed by atoms with van der Waals surface area (Å²) in [5, 5.41) is 13.0. The van der Waals surface area contributed by atoms with Crippen molar-refractivity contribution in [1.82, 2.24) is 14.7 Å². The minimum absolute atomic E-state index is 0.0532. The molecule has 3 rings (SSSR count). The number of carbonyl (C=O) groups excluding carboxylic acids is 1. The highest BCUT2D eigenvalue weighted by molar-refractivity contribution is 5.94. The average molecular weight is 351 g/mol. The topological polar surface area (TPSA) is 93.9 Å². The van der Waals surface area contributed by atoms with E-state index in [0.717, 1.165) is 19.3 Å². The van der Waals surface area contributed by atoms with E-state index in [1.54, 1.807) is 24.2 Å². The van der Waals surface area contributed by atoms with Crippen LogP contribution in [-0.4, -0.2) is 69.7 Å². The third-order valence-electron chi connectivity index (χ3n) is 5.45. The highest BCUT2D eigenvalue weighted by atomic mass is 16.5. The van der Waals surface area contributed by atoms with Gasteiger partial charge < -0.3 is 19.5 Å². The van der Waals surface area contributed by atoms with Gasteiger partial charge >= 0.3 is 5.97 Å². The number of nitrogens with zero attached hydrogens (tertiary/aromatic N) is 3.